The predicted octanol–water partition coefficient (Wildman–Crippen LogP) is 4.67. The molecule has 0 aromatic heterocycles. The minimum absolute atomic E-state index is 0.836. The van der Waals surface area contributed by atoms with Crippen LogP contribution >= 0.6 is 0 Å². The summed E-state index contributed by atoms with van der Waals surface area (Å²) in [7, 11) is 0. The second-order valence-corrected chi connectivity index (χ2v) is 6.85. The van der Waals surface area contributed by atoms with Crippen molar-refractivity contribution >= 4 is 0 Å². The summed E-state index contributed by atoms with van der Waals surface area (Å²) in [6.07, 6.45) is 12.6. The van der Waals surface area contributed by atoms with Gasteiger partial charge in [0.25, 0.3) is 0 Å². The molecule has 0 amide bonds. The van der Waals surface area contributed by atoms with Crippen LogP contribution in [0, 0.1) is 5.92 Å². The van der Waals surface area contributed by atoms with E-state index in [9.17, 15) is 0 Å². The van der Waals surface area contributed by atoms with Crippen molar-refractivity contribution < 1.29 is 0 Å². The van der Waals surface area contributed by atoms with Gasteiger partial charge in [-0.3, -0.25) is 0 Å². The van der Waals surface area contributed by atoms with Crippen LogP contribution in [-0.4, -0.2) is 13.1 Å². The molecule has 0 spiro atoms. The van der Waals surface area contributed by atoms with Gasteiger partial charge in [-0.15, -0.1) is 0 Å². The fraction of sp³-hybridized carbons (Fsp3) is 0.684. The van der Waals surface area contributed by atoms with E-state index < -0.39 is 0 Å². The summed E-state index contributed by atoms with van der Waals surface area (Å²) < 4.78 is 0. The fourth-order valence-electron chi connectivity index (χ4n) is 3.97. The number of rotatable bonds is 3. The lowest BCUT2D eigenvalue weighted by atomic mass is 9.88. The van der Waals surface area contributed by atoms with Gasteiger partial charge in [0.1, 0.15) is 0 Å². The van der Waals surface area contributed by atoms with Crippen molar-refractivity contribution in [1.82, 2.24) is 5.32 Å². The maximum atomic E-state index is 3.53. The van der Waals surface area contributed by atoms with Crippen LogP contribution < -0.4 is 5.32 Å². The molecule has 1 heterocycles. The Morgan fingerprint density at radius 2 is 1.60 bits per heavy atom. The molecule has 1 saturated carbocycles. The number of nitrogens with one attached hydrogen (secondary N) is 1. The molecule has 1 atom stereocenters. The summed E-state index contributed by atoms with van der Waals surface area (Å²) in [5, 5.41) is 3.53. The van der Waals surface area contributed by atoms with Gasteiger partial charge in [-0.25, -0.2) is 0 Å². The summed E-state index contributed by atoms with van der Waals surface area (Å²) in [5.41, 5.74) is 3.13. The average molecular weight is 271 g/mol. The third kappa shape index (κ3) is 3.85. The molecule has 2 aliphatic rings. The minimum Gasteiger partial charge on any atom is -0.316 e. The van der Waals surface area contributed by atoms with Crippen molar-refractivity contribution in [2.45, 2.75) is 63.7 Å². The third-order valence-electron chi connectivity index (χ3n) is 5.23. The highest BCUT2D eigenvalue weighted by atomic mass is 14.9. The molecule has 1 N–H and O–H groups in total. The summed E-state index contributed by atoms with van der Waals surface area (Å²) in [6, 6.07) is 9.63. The largest absolute Gasteiger partial charge is 0.316 e. The van der Waals surface area contributed by atoms with Crippen molar-refractivity contribution in [3.8, 4) is 0 Å². The quantitative estimate of drug-likeness (QED) is 0.788. The van der Waals surface area contributed by atoms with E-state index in [0.717, 1.165) is 11.8 Å². The van der Waals surface area contributed by atoms with Crippen LogP contribution in [0.15, 0.2) is 24.3 Å². The van der Waals surface area contributed by atoms with Crippen LogP contribution in [0.25, 0.3) is 0 Å². The van der Waals surface area contributed by atoms with E-state index in [1.54, 1.807) is 5.56 Å². The second-order valence-electron chi connectivity index (χ2n) is 6.85. The summed E-state index contributed by atoms with van der Waals surface area (Å²) in [5.74, 6) is 1.69. The van der Waals surface area contributed by atoms with E-state index in [0.29, 0.717) is 0 Å². The molecule has 1 aromatic carbocycles. The Morgan fingerprint density at radius 1 is 0.850 bits per heavy atom. The van der Waals surface area contributed by atoms with Crippen LogP contribution in [0.2, 0.25) is 0 Å². The number of hydrogen-bond acceptors (Lipinski definition) is 1. The Kier molecular flexibility index (Phi) is 5.13. The van der Waals surface area contributed by atoms with E-state index in [4.69, 9.17) is 0 Å². The normalized spacial score (nSPS) is 25.3. The first-order valence-electron chi connectivity index (χ1n) is 8.71. The lowest BCUT2D eigenvalue weighted by Crippen LogP contribution is -2.30. The first-order valence-corrected chi connectivity index (χ1v) is 8.71. The van der Waals surface area contributed by atoms with Crippen molar-refractivity contribution in [3.05, 3.63) is 35.4 Å². The first kappa shape index (κ1) is 14.1. The van der Waals surface area contributed by atoms with E-state index in [2.05, 4.69) is 29.6 Å². The molecule has 1 aliphatic heterocycles. The van der Waals surface area contributed by atoms with Gasteiger partial charge in [-0.05, 0) is 68.2 Å². The standard InChI is InChI=1S/C19H29N/c1-2-4-8-18(7-3-1)19-11-9-16(10-12-19)14-17-6-5-13-20-15-17/h9-12,17-18,20H,1-8,13-15H2. The first-order chi connectivity index (χ1) is 9.92. The number of piperidine rings is 1. The molecule has 0 bridgehead atoms. The molecule has 0 radical (unpaired) electrons. The highest BCUT2D eigenvalue weighted by Crippen LogP contribution is 2.31. The number of hydrogen-bond donors (Lipinski definition) is 1. The minimum atomic E-state index is 0.836. The van der Waals surface area contributed by atoms with Crippen LogP contribution in [0.5, 0.6) is 0 Å². The SMILES string of the molecule is c1cc(C2CCCCCC2)ccc1CC1CCCNC1. The molecule has 1 unspecified atom stereocenters. The summed E-state index contributed by atoms with van der Waals surface area (Å²) in [4.78, 5) is 0. The van der Waals surface area contributed by atoms with Gasteiger partial charge < -0.3 is 5.32 Å². The van der Waals surface area contributed by atoms with Gasteiger partial charge in [-0.2, -0.15) is 0 Å². The molecular formula is C19H29N. The maximum absolute atomic E-state index is 3.53. The Bertz CT molecular complexity index is 381. The molecular weight excluding hydrogens is 242 g/mol. The highest BCUT2D eigenvalue weighted by Gasteiger charge is 2.16. The van der Waals surface area contributed by atoms with Crippen molar-refractivity contribution in [3.63, 3.8) is 0 Å². The van der Waals surface area contributed by atoms with E-state index >= 15 is 0 Å². The molecule has 3 rings (SSSR count). The lowest BCUT2D eigenvalue weighted by molar-refractivity contribution is 0.376. The van der Waals surface area contributed by atoms with Gasteiger partial charge in [0.2, 0.25) is 0 Å². The van der Waals surface area contributed by atoms with Crippen molar-refractivity contribution in [2.24, 2.45) is 5.92 Å². The Balaban J connectivity index is 1.58. The zero-order chi connectivity index (χ0) is 13.6. The van der Waals surface area contributed by atoms with Crippen LogP contribution in [0.3, 0.4) is 0 Å². The average Bonchev–Trinajstić information content (AvgIpc) is 2.78. The third-order valence-corrected chi connectivity index (χ3v) is 5.23. The van der Waals surface area contributed by atoms with E-state index in [1.165, 1.54) is 76.4 Å². The summed E-state index contributed by atoms with van der Waals surface area (Å²) in [6.45, 7) is 2.43. The van der Waals surface area contributed by atoms with Crippen molar-refractivity contribution in [2.75, 3.05) is 13.1 Å². The second kappa shape index (κ2) is 7.26. The van der Waals surface area contributed by atoms with Gasteiger partial charge in [-0.1, -0.05) is 49.9 Å². The monoisotopic (exact) mass is 271 g/mol. The topological polar surface area (TPSA) is 12.0 Å². The molecule has 1 saturated heterocycles. The van der Waals surface area contributed by atoms with Gasteiger partial charge in [0.15, 0.2) is 0 Å². The summed E-state index contributed by atoms with van der Waals surface area (Å²) >= 11 is 0. The van der Waals surface area contributed by atoms with Crippen LogP contribution in [0.4, 0.5) is 0 Å². The maximum Gasteiger partial charge on any atom is -0.00173 e. The molecule has 110 valence electrons. The Morgan fingerprint density at radius 3 is 2.25 bits per heavy atom. The van der Waals surface area contributed by atoms with E-state index in [1.807, 2.05) is 0 Å². The van der Waals surface area contributed by atoms with Gasteiger partial charge in [0.05, 0.1) is 0 Å². The molecule has 1 heteroatoms. The smallest absolute Gasteiger partial charge is 0.00173 e. The van der Waals surface area contributed by atoms with Gasteiger partial charge >= 0.3 is 0 Å². The van der Waals surface area contributed by atoms with Gasteiger partial charge in [0, 0.05) is 0 Å². The number of benzene rings is 1. The highest BCUT2D eigenvalue weighted by molar-refractivity contribution is 5.26. The van der Waals surface area contributed by atoms with Crippen LogP contribution in [0.1, 0.15) is 68.4 Å². The fourth-order valence-corrected chi connectivity index (χ4v) is 3.97. The lowest BCUT2D eigenvalue weighted by Gasteiger charge is -2.23. The van der Waals surface area contributed by atoms with Crippen LogP contribution in [-0.2, 0) is 6.42 Å². The predicted molar refractivity (Wildman–Crippen MR) is 86.2 cm³/mol. The zero-order valence-corrected chi connectivity index (χ0v) is 12.7. The molecule has 1 nitrogen and oxygen atoms in total. The van der Waals surface area contributed by atoms with Crippen molar-refractivity contribution in [1.29, 1.82) is 0 Å². The van der Waals surface area contributed by atoms with E-state index in [-0.39, 0.29) is 0 Å². The Hall–Kier alpha value is -0.820. The molecule has 1 aromatic rings. The molecule has 20 heavy (non-hydrogen) atoms. The Labute approximate surface area is 124 Å². The zero-order valence-electron chi connectivity index (χ0n) is 12.7. The molecule has 1 aliphatic carbocycles. The molecule has 2 fully saturated rings.